The van der Waals surface area contributed by atoms with E-state index in [9.17, 15) is 9.59 Å². The second-order valence-corrected chi connectivity index (χ2v) is 4.96. The van der Waals surface area contributed by atoms with Gasteiger partial charge < -0.3 is 15.1 Å². The number of hydrogen-bond donors (Lipinski definition) is 2. The summed E-state index contributed by atoms with van der Waals surface area (Å²) in [5.74, 6) is 0.00829. The van der Waals surface area contributed by atoms with Crippen molar-refractivity contribution in [3.05, 3.63) is 29.1 Å². The van der Waals surface area contributed by atoms with Crippen LogP contribution in [0.25, 0.3) is 11.0 Å². The largest absolute Gasteiger partial charge is 0.354 e. The van der Waals surface area contributed by atoms with Crippen LogP contribution in [0.4, 0.5) is 0 Å². The molecule has 0 aliphatic heterocycles. The molecule has 2 aromatic heterocycles. The minimum atomic E-state index is -0.154. The van der Waals surface area contributed by atoms with E-state index >= 15 is 0 Å². The number of aromatic nitrogens is 2. The fourth-order valence-corrected chi connectivity index (χ4v) is 2.29. The van der Waals surface area contributed by atoms with Gasteiger partial charge in [0.1, 0.15) is 11.5 Å². The van der Waals surface area contributed by atoms with E-state index in [1.807, 2.05) is 19.1 Å². The second-order valence-electron chi connectivity index (χ2n) is 4.96. The summed E-state index contributed by atoms with van der Waals surface area (Å²) in [4.78, 5) is 30.6. The molecule has 2 heterocycles. The van der Waals surface area contributed by atoms with Crippen molar-refractivity contribution in [2.24, 2.45) is 0 Å². The fraction of sp³-hybridized carbons (Fsp3) is 0.400. The Labute approximate surface area is 117 Å². The molecule has 0 saturated heterocycles. The van der Waals surface area contributed by atoms with Crippen LogP contribution in [0.3, 0.4) is 0 Å². The highest BCUT2D eigenvalue weighted by atomic mass is 16.1. The third-order valence-electron chi connectivity index (χ3n) is 3.29. The summed E-state index contributed by atoms with van der Waals surface area (Å²) in [6, 6.07) is 3.84. The maximum absolute atomic E-state index is 11.9. The zero-order valence-electron chi connectivity index (χ0n) is 12.0. The first kappa shape index (κ1) is 14.2. The molecular formula is C15H19N3O2. The number of ketones is 1. The summed E-state index contributed by atoms with van der Waals surface area (Å²) in [5, 5.41) is 2.63. The highest BCUT2D eigenvalue weighted by molar-refractivity contribution is 5.99. The van der Waals surface area contributed by atoms with E-state index in [-0.39, 0.29) is 11.7 Å². The van der Waals surface area contributed by atoms with E-state index in [4.69, 9.17) is 0 Å². The Morgan fingerprint density at radius 1 is 1.35 bits per heavy atom. The van der Waals surface area contributed by atoms with Gasteiger partial charge in [0.2, 0.25) is 0 Å². The third kappa shape index (κ3) is 2.87. The van der Waals surface area contributed by atoms with Crippen molar-refractivity contribution >= 4 is 22.7 Å². The smallest absolute Gasteiger partial charge is 0.267 e. The van der Waals surface area contributed by atoms with E-state index < -0.39 is 0 Å². The maximum Gasteiger partial charge on any atom is 0.267 e. The summed E-state index contributed by atoms with van der Waals surface area (Å²) in [6.45, 7) is 3.50. The molecule has 0 spiro atoms. The lowest BCUT2D eigenvalue weighted by molar-refractivity contribution is -0.117. The van der Waals surface area contributed by atoms with E-state index in [1.54, 1.807) is 14.0 Å². The van der Waals surface area contributed by atoms with Crippen molar-refractivity contribution in [1.29, 1.82) is 0 Å². The van der Waals surface area contributed by atoms with Gasteiger partial charge in [0.15, 0.2) is 0 Å². The molecule has 20 heavy (non-hydrogen) atoms. The van der Waals surface area contributed by atoms with Crippen molar-refractivity contribution in [3.8, 4) is 0 Å². The van der Waals surface area contributed by atoms with Crippen LogP contribution in [0, 0.1) is 6.92 Å². The van der Waals surface area contributed by atoms with Gasteiger partial charge in [-0.1, -0.05) is 0 Å². The lowest BCUT2D eigenvalue weighted by Crippen LogP contribution is -2.19. The van der Waals surface area contributed by atoms with E-state index in [2.05, 4.69) is 15.3 Å². The minimum Gasteiger partial charge on any atom is -0.354 e. The molecule has 0 radical (unpaired) electrons. The third-order valence-corrected chi connectivity index (χ3v) is 3.29. The van der Waals surface area contributed by atoms with E-state index in [0.29, 0.717) is 18.5 Å². The van der Waals surface area contributed by atoms with Crippen LogP contribution in [-0.2, 0) is 11.2 Å². The Balaban J connectivity index is 2.43. The van der Waals surface area contributed by atoms with Gasteiger partial charge >= 0.3 is 0 Å². The van der Waals surface area contributed by atoms with Crippen molar-refractivity contribution in [2.45, 2.75) is 33.1 Å². The van der Waals surface area contributed by atoms with E-state index in [1.165, 1.54) is 0 Å². The molecule has 0 aliphatic carbocycles. The molecule has 0 aromatic carbocycles. The molecule has 2 aromatic rings. The number of hydrogen-bond acceptors (Lipinski definition) is 3. The second kappa shape index (κ2) is 5.86. The first-order valence-corrected chi connectivity index (χ1v) is 6.72. The average Bonchev–Trinajstić information content (AvgIpc) is 2.76. The zero-order chi connectivity index (χ0) is 14.7. The first-order valence-electron chi connectivity index (χ1n) is 6.72. The van der Waals surface area contributed by atoms with Gasteiger partial charge in [-0.25, -0.2) is 0 Å². The number of fused-ring (bicyclic) bond motifs is 1. The Bertz CT molecular complexity index is 658. The van der Waals surface area contributed by atoms with Crippen LogP contribution in [0.2, 0.25) is 0 Å². The summed E-state index contributed by atoms with van der Waals surface area (Å²) in [5.41, 5.74) is 4.03. The van der Waals surface area contributed by atoms with Crippen molar-refractivity contribution in [1.82, 2.24) is 15.3 Å². The number of nitrogens with zero attached hydrogens (tertiary/aromatic N) is 1. The highest BCUT2D eigenvalue weighted by Gasteiger charge is 2.17. The number of H-pyrrole nitrogens is 1. The van der Waals surface area contributed by atoms with Gasteiger partial charge in [-0.2, -0.15) is 0 Å². The van der Waals surface area contributed by atoms with Gasteiger partial charge in [0, 0.05) is 24.7 Å². The Morgan fingerprint density at radius 2 is 2.10 bits per heavy atom. The van der Waals surface area contributed by atoms with Gasteiger partial charge in [-0.15, -0.1) is 0 Å². The number of amides is 1. The number of pyridine rings is 1. The Morgan fingerprint density at radius 3 is 2.75 bits per heavy atom. The topological polar surface area (TPSA) is 74.8 Å². The molecule has 0 saturated carbocycles. The summed E-state index contributed by atoms with van der Waals surface area (Å²) in [6.07, 6.45) is 1.91. The fourth-order valence-electron chi connectivity index (χ4n) is 2.29. The van der Waals surface area contributed by atoms with Gasteiger partial charge in [-0.05, 0) is 38.8 Å². The summed E-state index contributed by atoms with van der Waals surface area (Å²) >= 11 is 0. The Hall–Kier alpha value is -2.17. The van der Waals surface area contributed by atoms with Crippen molar-refractivity contribution < 1.29 is 9.59 Å². The van der Waals surface area contributed by atoms with Crippen molar-refractivity contribution in [2.75, 3.05) is 7.05 Å². The number of carbonyl (C=O) groups excluding carboxylic acids is 2. The van der Waals surface area contributed by atoms with Crippen molar-refractivity contribution in [3.63, 3.8) is 0 Å². The van der Waals surface area contributed by atoms with Gasteiger partial charge in [-0.3, -0.25) is 9.78 Å². The molecule has 0 aliphatic rings. The SMILES string of the molecule is CNC(=O)c1[nH]c2ccc(C)nc2c1CCCC(C)=O. The highest BCUT2D eigenvalue weighted by Crippen LogP contribution is 2.23. The molecule has 0 bridgehead atoms. The number of aryl methyl sites for hydroxylation is 2. The average molecular weight is 273 g/mol. The quantitative estimate of drug-likeness (QED) is 0.876. The van der Waals surface area contributed by atoms with Crippen LogP contribution in [0.5, 0.6) is 0 Å². The first-order chi connectivity index (χ1) is 9.52. The van der Waals surface area contributed by atoms with Gasteiger partial charge in [0.25, 0.3) is 5.91 Å². The van der Waals surface area contributed by atoms with Crippen LogP contribution in [-0.4, -0.2) is 28.7 Å². The molecule has 5 nitrogen and oxygen atoms in total. The molecule has 106 valence electrons. The lowest BCUT2D eigenvalue weighted by atomic mass is 10.1. The molecule has 0 atom stereocenters. The van der Waals surface area contributed by atoms with Crippen LogP contribution >= 0.6 is 0 Å². The molecule has 5 heteroatoms. The number of nitrogens with one attached hydrogen (secondary N) is 2. The van der Waals surface area contributed by atoms with Gasteiger partial charge in [0.05, 0.1) is 11.0 Å². The number of carbonyl (C=O) groups is 2. The maximum atomic E-state index is 11.9. The molecule has 2 N–H and O–H groups in total. The number of Topliss-reactive ketones (excluding diaryl/α,β-unsaturated/α-hetero) is 1. The van der Waals surface area contributed by atoms with Crippen LogP contribution < -0.4 is 5.32 Å². The normalized spacial score (nSPS) is 10.8. The minimum absolute atomic E-state index is 0.154. The summed E-state index contributed by atoms with van der Waals surface area (Å²) < 4.78 is 0. The lowest BCUT2D eigenvalue weighted by Gasteiger charge is -2.03. The Kier molecular flexibility index (Phi) is 4.17. The molecule has 0 unspecified atom stereocenters. The predicted octanol–water partition coefficient (Wildman–Crippen LogP) is 2.14. The predicted molar refractivity (Wildman–Crippen MR) is 77.8 cm³/mol. The molecule has 0 fully saturated rings. The number of aromatic amines is 1. The van der Waals surface area contributed by atoms with Crippen LogP contribution in [0.1, 0.15) is 41.5 Å². The molecule has 1 amide bonds. The standard InChI is InChI=1S/C15H19N3O2/c1-9-7-8-12-13(17-9)11(6-4-5-10(2)19)14(18-12)15(20)16-3/h7-8,18H,4-6H2,1-3H3,(H,16,20). The van der Waals surface area contributed by atoms with E-state index in [0.717, 1.165) is 28.7 Å². The molecular weight excluding hydrogens is 254 g/mol. The number of rotatable bonds is 5. The van der Waals surface area contributed by atoms with Crippen LogP contribution in [0.15, 0.2) is 12.1 Å². The zero-order valence-corrected chi connectivity index (χ0v) is 12.0. The molecule has 2 rings (SSSR count). The summed E-state index contributed by atoms with van der Waals surface area (Å²) in [7, 11) is 1.60. The monoisotopic (exact) mass is 273 g/mol.